The molecule has 6 nitrogen and oxygen atoms in total. The molecule has 94 valence electrons. The lowest BCUT2D eigenvalue weighted by atomic mass is 10.3. The summed E-state index contributed by atoms with van der Waals surface area (Å²) in [5.74, 6) is 0.479. The number of aryl methyl sites for hydroxylation is 1. The van der Waals surface area contributed by atoms with Crippen molar-refractivity contribution in [3.63, 3.8) is 0 Å². The average Bonchev–Trinajstić information content (AvgIpc) is 3.12. The SMILES string of the molecule is Cc1nc2cnc(S(=O)(=O)C3CC3)cc2c(=O)[nH]1. The lowest BCUT2D eigenvalue weighted by Gasteiger charge is -2.03. The predicted molar refractivity (Wildman–Crippen MR) is 65.1 cm³/mol. The van der Waals surface area contributed by atoms with Crippen LogP contribution < -0.4 is 5.56 Å². The summed E-state index contributed by atoms with van der Waals surface area (Å²) in [6, 6.07) is 1.31. The van der Waals surface area contributed by atoms with Crippen LogP contribution in [0.1, 0.15) is 18.7 Å². The van der Waals surface area contributed by atoms with Crippen molar-refractivity contribution < 1.29 is 8.42 Å². The van der Waals surface area contributed by atoms with E-state index in [2.05, 4.69) is 15.0 Å². The first-order chi connectivity index (χ1) is 8.48. The Morgan fingerprint density at radius 1 is 1.39 bits per heavy atom. The summed E-state index contributed by atoms with van der Waals surface area (Å²) in [6.45, 7) is 1.66. The second-order valence-electron chi connectivity index (χ2n) is 4.44. The third-order valence-electron chi connectivity index (χ3n) is 2.94. The monoisotopic (exact) mass is 265 g/mol. The molecule has 2 aromatic heterocycles. The van der Waals surface area contributed by atoms with Crippen LogP contribution in [0.2, 0.25) is 0 Å². The molecule has 2 heterocycles. The molecule has 0 amide bonds. The van der Waals surface area contributed by atoms with Crippen molar-refractivity contribution in [1.29, 1.82) is 0 Å². The molecule has 0 saturated heterocycles. The van der Waals surface area contributed by atoms with Crippen molar-refractivity contribution >= 4 is 20.7 Å². The molecule has 18 heavy (non-hydrogen) atoms. The lowest BCUT2D eigenvalue weighted by molar-refractivity contribution is 0.591. The number of rotatable bonds is 2. The van der Waals surface area contributed by atoms with Gasteiger partial charge in [0.1, 0.15) is 5.82 Å². The number of aromatic amines is 1. The Labute approximate surface area is 103 Å². The van der Waals surface area contributed by atoms with E-state index in [9.17, 15) is 13.2 Å². The Morgan fingerprint density at radius 3 is 2.78 bits per heavy atom. The third-order valence-corrected chi connectivity index (χ3v) is 5.10. The summed E-state index contributed by atoms with van der Waals surface area (Å²) < 4.78 is 24.0. The predicted octanol–water partition coefficient (Wildman–Crippen LogP) is 0.563. The van der Waals surface area contributed by atoms with Gasteiger partial charge in [0.25, 0.3) is 5.56 Å². The van der Waals surface area contributed by atoms with Crippen molar-refractivity contribution in [3.05, 3.63) is 28.4 Å². The zero-order valence-electron chi connectivity index (χ0n) is 9.67. The summed E-state index contributed by atoms with van der Waals surface area (Å²) >= 11 is 0. The largest absolute Gasteiger partial charge is 0.310 e. The molecular formula is C11H11N3O3S. The van der Waals surface area contributed by atoms with Crippen LogP contribution in [0.25, 0.3) is 10.9 Å². The molecule has 0 bridgehead atoms. The number of nitrogens with one attached hydrogen (secondary N) is 1. The topological polar surface area (TPSA) is 92.8 Å². The normalized spacial score (nSPS) is 16.1. The summed E-state index contributed by atoms with van der Waals surface area (Å²) in [7, 11) is -3.38. The molecule has 1 N–H and O–H groups in total. The molecule has 1 fully saturated rings. The minimum Gasteiger partial charge on any atom is -0.310 e. The molecule has 0 aliphatic heterocycles. The van der Waals surface area contributed by atoms with E-state index in [0.717, 1.165) is 0 Å². The highest BCUT2D eigenvalue weighted by molar-refractivity contribution is 7.92. The van der Waals surface area contributed by atoms with E-state index in [1.54, 1.807) is 6.92 Å². The first-order valence-corrected chi connectivity index (χ1v) is 7.14. The van der Waals surface area contributed by atoms with Gasteiger partial charge in [-0.3, -0.25) is 4.79 Å². The van der Waals surface area contributed by atoms with Gasteiger partial charge >= 0.3 is 0 Å². The number of nitrogens with zero attached hydrogens (tertiary/aromatic N) is 2. The molecule has 1 aliphatic carbocycles. The number of H-pyrrole nitrogens is 1. The van der Waals surface area contributed by atoms with Gasteiger partial charge in [0, 0.05) is 0 Å². The van der Waals surface area contributed by atoms with Crippen molar-refractivity contribution in [2.24, 2.45) is 0 Å². The molecule has 1 saturated carbocycles. The minimum absolute atomic E-state index is 0.0337. The Kier molecular flexibility index (Phi) is 2.28. The van der Waals surface area contributed by atoms with E-state index in [-0.39, 0.29) is 21.2 Å². The van der Waals surface area contributed by atoms with Gasteiger partial charge in [-0.05, 0) is 25.8 Å². The van der Waals surface area contributed by atoms with Gasteiger partial charge in [-0.1, -0.05) is 0 Å². The van der Waals surface area contributed by atoms with Gasteiger partial charge in [0.15, 0.2) is 14.9 Å². The van der Waals surface area contributed by atoms with Crippen LogP contribution in [0, 0.1) is 6.92 Å². The highest BCUT2D eigenvalue weighted by Gasteiger charge is 2.38. The Bertz CT molecular complexity index is 791. The summed E-state index contributed by atoms with van der Waals surface area (Å²) in [6.07, 6.45) is 2.68. The third kappa shape index (κ3) is 1.71. The van der Waals surface area contributed by atoms with Crippen LogP contribution in [0.5, 0.6) is 0 Å². The molecule has 0 aromatic carbocycles. The molecule has 1 aliphatic rings. The number of fused-ring (bicyclic) bond motifs is 1. The maximum absolute atomic E-state index is 12.0. The van der Waals surface area contributed by atoms with Gasteiger partial charge in [-0.15, -0.1) is 0 Å². The van der Waals surface area contributed by atoms with Crippen molar-refractivity contribution in [2.75, 3.05) is 0 Å². The zero-order valence-corrected chi connectivity index (χ0v) is 10.5. The van der Waals surface area contributed by atoms with Gasteiger partial charge in [-0.25, -0.2) is 18.4 Å². The second kappa shape index (κ2) is 3.61. The van der Waals surface area contributed by atoms with Crippen molar-refractivity contribution in [1.82, 2.24) is 15.0 Å². The van der Waals surface area contributed by atoms with Gasteiger partial charge in [-0.2, -0.15) is 0 Å². The maximum atomic E-state index is 12.0. The number of aromatic nitrogens is 3. The van der Waals surface area contributed by atoms with Crippen molar-refractivity contribution in [2.45, 2.75) is 30.0 Å². The molecule has 2 aromatic rings. The molecular weight excluding hydrogens is 254 g/mol. The lowest BCUT2D eigenvalue weighted by Crippen LogP contribution is -2.13. The standard InChI is InChI=1S/C11H11N3O3S/c1-6-13-9-5-12-10(4-8(9)11(15)14-6)18(16,17)7-2-3-7/h4-5,7H,2-3H2,1H3,(H,13,14,15). The van der Waals surface area contributed by atoms with E-state index in [0.29, 0.717) is 24.2 Å². The summed E-state index contributed by atoms with van der Waals surface area (Å²) in [5, 5.41) is -0.108. The Balaban J connectivity index is 2.26. The summed E-state index contributed by atoms with van der Waals surface area (Å²) in [4.78, 5) is 22.3. The molecule has 7 heteroatoms. The van der Waals surface area contributed by atoms with E-state index in [4.69, 9.17) is 0 Å². The fraction of sp³-hybridized carbons (Fsp3) is 0.364. The van der Waals surface area contributed by atoms with Crippen LogP contribution in [0.15, 0.2) is 22.1 Å². The van der Waals surface area contributed by atoms with E-state index in [1.807, 2.05) is 0 Å². The average molecular weight is 265 g/mol. The maximum Gasteiger partial charge on any atom is 0.258 e. The first-order valence-electron chi connectivity index (χ1n) is 5.59. The fourth-order valence-electron chi connectivity index (χ4n) is 1.84. The zero-order chi connectivity index (χ0) is 12.9. The van der Waals surface area contributed by atoms with Crippen molar-refractivity contribution in [3.8, 4) is 0 Å². The fourth-order valence-corrected chi connectivity index (χ4v) is 3.42. The van der Waals surface area contributed by atoms with Gasteiger partial charge in [0.05, 0.1) is 22.3 Å². The van der Waals surface area contributed by atoms with Crippen LogP contribution in [0.3, 0.4) is 0 Å². The Morgan fingerprint density at radius 2 is 2.11 bits per heavy atom. The van der Waals surface area contributed by atoms with Crippen LogP contribution in [-0.2, 0) is 9.84 Å². The number of hydrogen-bond acceptors (Lipinski definition) is 5. The quantitative estimate of drug-likeness (QED) is 0.856. The van der Waals surface area contributed by atoms with Gasteiger partial charge < -0.3 is 4.98 Å². The Hall–Kier alpha value is -1.76. The van der Waals surface area contributed by atoms with Crippen LogP contribution >= 0.6 is 0 Å². The number of sulfone groups is 1. The van der Waals surface area contributed by atoms with Gasteiger partial charge in [0.2, 0.25) is 0 Å². The van der Waals surface area contributed by atoms with E-state index in [1.165, 1.54) is 12.3 Å². The highest BCUT2D eigenvalue weighted by Crippen LogP contribution is 2.32. The highest BCUT2D eigenvalue weighted by atomic mass is 32.2. The second-order valence-corrected chi connectivity index (χ2v) is 6.61. The van der Waals surface area contributed by atoms with E-state index >= 15 is 0 Å². The first kappa shape index (κ1) is 11.3. The smallest absolute Gasteiger partial charge is 0.258 e. The minimum atomic E-state index is -3.38. The molecule has 0 radical (unpaired) electrons. The summed E-state index contributed by atoms with van der Waals surface area (Å²) in [5.41, 5.74) is 0.0677. The van der Waals surface area contributed by atoms with E-state index < -0.39 is 9.84 Å². The molecule has 0 atom stereocenters. The molecule has 0 spiro atoms. The number of pyridine rings is 1. The molecule has 3 rings (SSSR count). The van der Waals surface area contributed by atoms with Crippen LogP contribution in [-0.4, -0.2) is 28.6 Å². The number of hydrogen-bond donors (Lipinski definition) is 1. The molecule has 0 unspecified atom stereocenters. The van der Waals surface area contributed by atoms with Crippen LogP contribution in [0.4, 0.5) is 0 Å².